The lowest BCUT2D eigenvalue weighted by atomic mass is 10.0. The van der Waals surface area contributed by atoms with Crippen LogP contribution in [0.5, 0.6) is 0 Å². The second-order valence-corrected chi connectivity index (χ2v) is 23.5. The average Bonchev–Trinajstić information content (AvgIpc) is 3.40. The molecule has 0 aliphatic rings. The Hall–Kier alpha value is -1.59. The average molecular weight is 1050 g/mol. The number of ether oxygens (including phenoxy) is 3. The second-order valence-electron chi connectivity index (χ2n) is 23.5. The number of esters is 3. The molecular formula is C68H132O6. The summed E-state index contributed by atoms with van der Waals surface area (Å²) in [5.74, 6) is -0.838. The maximum Gasteiger partial charge on any atom is 0.306 e. The summed E-state index contributed by atoms with van der Waals surface area (Å²) in [4.78, 5) is 38.0. The maximum absolute atomic E-state index is 12.9. The van der Waals surface area contributed by atoms with Crippen molar-refractivity contribution >= 4 is 17.9 Å². The first-order valence-electron chi connectivity index (χ1n) is 34.0. The molecule has 0 aromatic rings. The molecule has 440 valence electrons. The first-order valence-corrected chi connectivity index (χ1v) is 34.0. The smallest absolute Gasteiger partial charge is 0.306 e. The van der Waals surface area contributed by atoms with Crippen molar-refractivity contribution in [2.75, 3.05) is 13.2 Å². The summed E-state index contributed by atoms with van der Waals surface area (Å²) in [6.45, 7) is 6.67. The van der Waals surface area contributed by atoms with Crippen molar-refractivity contribution in [1.29, 1.82) is 0 Å². The SMILES string of the molecule is CCCCCCCCCCCCCCCCCCCCCCCCCCCC(=O)OCC(COC(=O)CCCCCCCC)OC(=O)CCCCCCCCCCCCCCCCCCCCCCCCCCC. The molecule has 0 bridgehead atoms. The molecule has 0 aliphatic heterocycles. The van der Waals surface area contributed by atoms with Crippen molar-refractivity contribution in [3.8, 4) is 0 Å². The van der Waals surface area contributed by atoms with Gasteiger partial charge in [-0.1, -0.05) is 361 Å². The predicted octanol–water partition coefficient (Wildman–Crippen LogP) is 23.1. The molecular weight excluding hydrogens is 913 g/mol. The molecule has 0 amide bonds. The number of hydrogen-bond donors (Lipinski definition) is 0. The lowest BCUT2D eigenvalue weighted by Crippen LogP contribution is -2.30. The number of carbonyl (C=O) groups excluding carboxylic acids is 3. The Kier molecular flexibility index (Phi) is 62.6. The number of rotatable bonds is 64. The van der Waals surface area contributed by atoms with Gasteiger partial charge in [-0.25, -0.2) is 0 Å². The first-order chi connectivity index (χ1) is 36.5. The number of hydrogen-bond acceptors (Lipinski definition) is 6. The van der Waals surface area contributed by atoms with Gasteiger partial charge in [0.2, 0.25) is 0 Å². The van der Waals surface area contributed by atoms with E-state index in [1.54, 1.807) is 0 Å². The Morgan fingerprint density at radius 2 is 0.365 bits per heavy atom. The fraction of sp³-hybridized carbons (Fsp3) is 0.956. The molecule has 0 saturated heterocycles. The topological polar surface area (TPSA) is 78.9 Å². The third kappa shape index (κ3) is 61.3. The Balaban J connectivity index is 3.97. The van der Waals surface area contributed by atoms with Crippen molar-refractivity contribution < 1.29 is 28.6 Å². The summed E-state index contributed by atoms with van der Waals surface area (Å²) in [6.07, 6.45) is 74.6. The van der Waals surface area contributed by atoms with Crippen LogP contribution in [0.4, 0.5) is 0 Å². The van der Waals surface area contributed by atoms with E-state index in [1.165, 1.54) is 302 Å². The summed E-state index contributed by atoms with van der Waals surface area (Å²) < 4.78 is 16.9. The molecule has 0 spiro atoms. The van der Waals surface area contributed by atoms with Gasteiger partial charge in [-0.15, -0.1) is 0 Å². The van der Waals surface area contributed by atoms with Crippen molar-refractivity contribution in [3.05, 3.63) is 0 Å². The van der Waals surface area contributed by atoms with Gasteiger partial charge >= 0.3 is 17.9 Å². The van der Waals surface area contributed by atoms with E-state index in [0.717, 1.165) is 57.8 Å². The van der Waals surface area contributed by atoms with E-state index in [2.05, 4.69) is 20.8 Å². The van der Waals surface area contributed by atoms with Crippen LogP contribution in [0.1, 0.15) is 400 Å². The standard InChI is InChI=1S/C68H132O6/c1-4-7-10-13-16-18-20-22-24-26-28-30-32-34-36-38-40-42-44-46-48-50-52-55-58-61-67(70)73-64-65(63-72-66(69)60-57-54-15-12-9-6-3)74-68(71)62-59-56-53-51-49-47-45-43-41-39-37-35-33-31-29-27-25-23-21-19-17-14-11-8-5-2/h65H,4-64H2,1-3H3. The van der Waals surface area contributed by atoms with E-state index in [9.17, 15) is 14.4 Å². The molecule has 0 saturated carbocycles. The van der Waals surface area contributed by atoms with Crippen LogP contribution in [0.3, 0.4) is 0 Å². The van der Waals surface area contributed by atoms with Gasteiger partial charge < -0.3 is 14.2 Å². The van der Waals surface area contributed by atoms with Crippen LogP contribution < -0.4 is 0 Å². The van der Waals surface area contributed by atoms with E-state index >= 15 is 0 Å². The molecule has 0 rings (SSSR count). The Morgan fingerprint density at radius 1 is 0.216 bits per heavy atom. The molecule has 0 N–H and O–H groups in total. The van der Waals surface area contributed by atoms with Gasteiger partial charge in [-0.2, -0.15) is 0 Å². The molecule has 1 unspecified atom stereocenters. The normalized spacial score (nSPS) is 11.9. The van der Waals surface area contributed by atoms with Crippen molar-refractivity contribution in [3.63, 3.8) is 0 Å². The summed E-state index contributed by atoms with van der Waals surface area (Å²) in [5.41, 5.74) is 0. The van der Waals surface area contributed by atoms with Crippen LogP contribution in [0.2, 0.25) is 0 Å². The zero-order chi connectivity index (χ0) is 53.6. The number of carbonyl (C=O) groups is 3. The van der Waals surface area contributed by atoms with E-state index < -0.39 is 6.10 Å². The van der Waals surface area contributed by atoms with Crippen LogP contribution in [0.15, 0.2) is 0 Å². The van der Waals surface area contributed by atoms with Crippen LogP contribution in [-0.2, 0) is 28.6 Å². The third-order valence-electron chi connectivity index (χ3n) is 15.9. The summed E-state index contributed by atoms with van der Waals surface area (Å²) >= 11 is 0. The zero-order valence-corrected chi connectivity index (χ0v) is 50.7. The van der Waals surface area contributed by atoms with Gasteiger partial charge in [0.25, 0.3) is 0 Å². The Morgan fingerprint density at radius 3 is 0.541 bits per heavy atom. The minimum absolute atomic E-state index is 0.0617. The first kappa shape index (κ1) is 72.4. The lowest BCUT2D eigenvalue weighted by molar-refractivity contribution is -0.167. The van der Waals surface area contributed by atoms with E-state index in [4.69, 9.17) is 14.2 Å². The minimum Gasteiger partial charge on any atom is -0.462 e. The molecule has 0 aromatic heterocycles. The highest BCUT2D eigenvalue weighted by molar-refractivity contribution is 5.71. The molecule has 0 radical (unpaired) electrons. The predicted molar refractivity (Wildman–Crippen MR) is 321 cm³/mol. The molecule has 6 nitrogen and oxygen atoms in total. The van der Waals surface area contributed by atoms with Crippen molar-refractivity contribution in [2.24, 2.45) is 0 Å². The highest BCUT2D eigenvalue weighted by Gasteiger charge is 2.19. The van der Waals surface area contributed by atoms with E-state index in [-0.39, 0.29) is 31.1 Å². The monoisotopic (exact) mass is 1050 g/mol. The van der Waals surface area contributed by atoms with Gasteiger partial charge in [0, 0.05) is 19.3 Å². The van der Waals surface area contributed by atoms with Gasteiger partial charge in [0.15, 0.2) is 6.10 Å². The summed E-state index contributed by atoms with van der Waals surface area (Å²) in [6, 6.07) is 0. The third-order valence-corrected chi connectivity index (χ3v) is 15.9. The quantitative estimate of drug-likeness (QED) is 0.0343. The lowest BCUT2D eigenvalue weighted by Gasteiger charge is -2.18. The fourth-order valence-corrected chi connectivity index (χ4v) is 10.7. The molecule has 0 heterocycles. The van der Waals surface area contributed by atoms with Crippen LogP contribution in [-0.4, -0.2) is 37.2 Å². The molecule has 1 atom stereocenters. The fourth-order valence-electron chi connectivity index (χ4n) is 10.7. The molecule has 6 heteroatoms. The Bertz CT molecular complexity index is 1110. The molecule has 74 heavy (non-hydrogen) atoms. The van der Waals surface area contributed by atoms with Gasteiger partial charge in [-0.3, -0.25) is 14.4 Å². The van der Waals surface area contributed by atoms with Crippen LogP contribution in [0.25, 0.3) is 0 Å². The summed E-state index contributed by atoms with van der Waals surface area (Å²) in [5, 5.41) is 0. The highest BCUT2D eigenvalue weighted by atomic mass is 16.6. The number of unbranched alkanes of at least 4 members (excludes halogenated alkanes) is 53. The Labute approximate surface area is 463 Å². The van der Waals surface area contributed by atoms with Gasteiger partial charge in [-0.05, 0) is 19.3 Å². The maximum atomic E-state index is 12.9. The molecule has 0 aliphatic carbocycles. The largest absolute Gasteiger partial charge is 0.462 e. The van der Waals surface area contributed by atoms with Gasteiger partial charge in [0.05, 0.1) is 0 Å². The van der Waals surface area contributed by atoms with E-state index in [0.29, 0.717) is 19.3 Å². The molecule has 0 fully saturated rings. The molecule has 0 aromatic carbocycles. The van der Waals surface area contributed by atoms with E-state index in [1.807, 2.05) is 0 Å². The highest BCUT2D eigenvalue weighted by Crippen LogP contribution is 2.19. The summed E-state index contributed by atoms with van der Waals surface area (Å²) in [7, 11) is 0. The zero-order valence-electron chi connectivity index (χ0n) is 50.7. The van der Waals surface area contributed by atoms with Crippen molar-refractivity contribution in [2.45, 2.75) is 406 Å². The van der Waals surface area contributed by atoms with Crippen LogP contribution in [0, 0.1) is 0 Å². The minimum atomic E-state index is -0.761. The van der Waals surface area contributed by atoms with Crippen LogP contribution >= 0.6 is 0 Å². The van der Waals surface area contributed by atoms with Crippen molar-refractivity contribution in [1.82, 2.24) is 0 Å². The second kappa shape index (κ2) is 63.9. The van der Waals surface area contributed by atoms with Gasteiger partial charge in [0.1, 0.15) is 13.2 Å².